The Morgan fingerprint density at radius 2 is 2.12 bits per heavy atom. The van der Waals surface area contributed by atoms with Crippen molar-refractivity contribution in [2.45, 2.75) is 32.4 Å². The number of nitrogens with zero attached hydrogens (tertiary/aromatic N) is 4. The van der Waals surface area contributed by atoms with E-state index in [4.69, 9.17) is 9.47 Å². The van der Waals surface area contributed by atoms with Gasteiger partial charge in [-0.25, -0.2) is 17.5 Å². The van der Waals surface area contributed by atoms with Crippen LogP contribution in [-0.2, 0) is 27.7 Å². The monoisotopic (exact) mass is 466 g/mol. The molecule has 0 aliphatic carbocycles. The van der Waals surface area contributed by atoms with E-state index in [1.807, 2.05) is 25.3 Å². The van der Waals surface area contributed by atoms with Gasteiger partial charge in [0.1, 0.15) is 12.4 Å². The van der Waals surface area contributed by atoms with Gasteiger partial charge in [0, 0.05) is 42.5 Å². The van der Waals surface area contributed by atoms with Crippen LogP contribution >= 0.6 is 0 Å². The largest absolute Gasteiger partial charge is 0.491 e. The molecule has 176 valence electrons. The molecule has 0 radical (unpaired) electrons. The highest BCUT2D eigenvalue weighted by Gasteiger charge is 2.32. The molecule has 1 amide bonds. The number of anilines is 1. The zero-order valence-corrected chi connectivity index (χ0v) is 19.6. The third-order valence-corrected chi connectivity index (χ3v) is 6.93. The van der Waals surface area contributed by atoms with Crippen molar-refractivity contribution in [3.63, 3.8) is 0 Å². The average molecular weight is 467 g/mol. The molecule has 2 aromatic rings. The van der Waals surface area contributed by atoms with Gasteiger partial charge in [-0.3, -0.25) is 9.58 Å². The first kappa shape index (κ1) is 24.0. The number of aromatic nitrogens is 2. The van der Waals surface area contributed by atoms with Gasteiger partial charge in [0.2, 0.25) is 10.0 Å². The second-order valence-electron chi connectivity index (χ2n) is 7.82. The Hall–Kier alpha value is -2.63. The number of fused-ring (bicyclic) bond motifs is 1. The number of methoxy groups -OCH3 is 1. The van der Waals surface area contributed by atoms with Crippen molar-refractivity contribution < 1.29 is 27.8 Å². The van der Waals surface area contributed by atoms with Crippen molar-refractivity contribution in [1.29, 1.82) is 0 Å². The Morgan fingerprint density at radius 1 is 1.38 bits per heavy atom. The lowest BCUT2D eigenvalue weighted by atomic mass is 9.92. The number of carbonyl (C=O) groups is 1. The molecule has 11 heteroatoms. The molecular formula is C21H30N4O6S. The Kier molecular flexibility index (Phi) is 7.42. The molecule has 0 saturated heterocycles. The predicted octanol–water partition coefficient (Wildman–Crippen LogP) is 1.72. The lowest BCUT2D eigenvalue weighted by molar-refractivity contribution is 0.175. The molecule has 1 aliphatic rings. The summed E-state index contributed by atoms with van der Waals surface area (Å²) in [6.45, 7) is 2.63. The number of ether oxygens (including phenoxy) is 2. The van der Waals surface area contributed by atoms with Crippen LogP contribution < -0.4 is 9.64 Å². The van der Waals surface area contributed by atoms with E-state index in [0.717, 1.165) is 29.4 Å². The number of hydrogen-bond acceptors (Lipinski definition) is 7. The standard InChI is InChI=1S/C21H30N4O6S/c1-15-5-6-18-19(25(15)21(27)30-3)8-7-17(16-13-22-24(14-16)9-11-26)20(18)31-12-10-23(2)32(4,28)29/h7-8,13-15,26H,5-6,9-12H2,1-4H3. The topological polar surface area (TPSA) is 114 Å². The van der Waals surface area contributed by atoms with Gasteiger partial charge in [0.25, 0.3) is 0 Å². The molecule has 32 heavy (non-hydrogen) atoms. The molecule has 0 spiro atoms. The second-order valence-corrected chi connectivity index (χ2v) is 9.91. The third-order valence-electron chi connectivity index (χ3n) is 5.61. The number of likely N-dealkylation sites (N-methyl/N-ethyl adjacent to an activating group) is 1. The molecule has 1 unspecified atom stereocenters. The summed E-state index contributed by atoms with van der Waals surface area (Å²) in [4.78, 5) is 14.1. The zero-order valence-electron chi connectivity index (χ0n) is 18.8. The van der Waals surface area contributed by atoms with E-state index in [0.29, 0.717) is 24.4 Å². The van der Waals surface area contributed by atoms with E-state index in [2.05, 4.69) is 5.10 Å². The summed E-state index contributed by atoms with van der Waals surface area (Å²) in [7, 11) is -0.471. The molecular weight excluding hydrogens is 436 g/mol. The Balaban J connectivity index is 2.02. The minimum atomic E-state index is -3.32. The molecule has 0 bridgehead atoms. The smallest absolute Gasteiger partial charge is 0.414 e. The molecule has 1 aromatic carbocycles. The first-order valence-electron chi connectivity index (χ1n) is 10.4. The molecule has 0 saturated carbocycles. The maximum atomic E-state index is 12.4. The summed E-state index contributed by atoms with van der Waals surface area (Å²) in [5.74, 6) is 0.591. The van der Waals surface area contributed by atoms with E-state index in [9.17, 15) is 18.3 Å². The van der Waals surface area contributed by atoms with Crippen molar-refractivity contribution in [2.75, 3.05) is 45.1 Å². The highest BCUT2D eigenvalue weighted by Crippen LogP contribution is 2.43. The van der Waals surface area contributed by atoms with E-state index >= 15 is 0 Å². The summed E-state index contributed by atoms with van der Waals surface area (Å²) in [6, 6.07) is 3.70. The lowest BCUT2D eigenvalue weighted by Crippen LogP contribution is -2.42. The van der Waals surface area contributed by atoms with E-state index in [1.165, 1.54) is 18.5 Å². The number of hydrogen-bond donors (Lipinski definition) is 1. The fourth-order valence-corrected chi connectivity index (χ4v) is 4.15. The van der Waals surface area contributed by atoms with Gasteiger partial charge >= 0.3 is 6.09 Å². The number of rotatable bonds is 8. The fourth-order valence-electron chi connectivity index (χ4n) is 3.74. The molecule has 10 nitrogen and oxygen atoms in total. The molecule has 1 atom stereocenters. The Labute approximate surface area is 188 Å². The van der Waals surface area contributed by atoms with Gasteiger partial charge < -0.3 is 14.6 Å². The molecule has 1 N–H and O–H groups in total. The highest BCUT2D eigenvalue weighted by molar-refractivity contribution is 7.88. The molecule has 3 rings (SSSR count). The number of aliphatic hydroxyl groups is 1. The average Bonchev–Trinajstić information content (AvgIpc) is 3.21. The van der Waals surface area contributed by atoms with Crippen LogP contribution in [0.15, 0.2) is 24.5 Å². The summed E-state index contributed by atoms with van der Waals surface area (Å²) in [5.41, 5.74) is 3.17. The number of aliphatic hydroxyl groups excluding tert-OH is 1. The first-order valence-corrected chi connectivity index (χ1v) is 12.2. The zero-order chi connectivity index (χ0) is 23.5. The number of sulfonamides is 1. The quantitative estimate of drug-likeness (QED) is 0.630. The van der Waals surface area contributed by atoms with Crippen molar-refractivity contribution >= 4 is 21.8 Å². The fraction of sp³-hybridized carbons (Fsp3) is 0.524. The van der Waals surface area contributed by atoms with Gasteiger partial charge in [-0.05, 0) is 31.9 Å². The van der Waals surface area contributed by atoms with Gasteiger partial charge in [-0.2, -0.15) is 5.10 Å². The Bertz CT molecular complexity index is 1070. The predicted molar refractivity (Wildman–Crippen MR) is 120 cm³/mol. The van der Waals surface area contributed by atoms with Crippen LogP contribution in [0.5, 0.6) is 5.75 Å². The minimum absolute atomic E-state index is 0.0293. The van der Waals surface area contributed by atoms with E-state index < -0.39 is 16.1 Å². The summed E-state index contributed by atoms with van der Waals surface area (Å²) < 4.78 is 37.5. The SMILES string of the molecule is COC(=O)N1c2ccc(-c3cnn(CCO)c3)c(OCCN(C)S(C)(=O)=O)c2CCC1C. The first-order chi connectivity index (χ1) is 15.2. The number of carbonyl (C=O) groups excluding carboxylic acids is 1. The molecule has 1 aliphatic heterocycles. The summed E-state index contributed by atoms with van der Waals surface area (Å²) >= 11 is 0. The molecule has 0 fully saturated rings. The van der Waals surface area contributed by atoms with Crippen molar-refractivity contribution in [3.05, 3.63) is 30.1 Å². The highest BCUT2D eigenvalue weighted by atomic mass is 32.2. The maximum Gasteiger partial charge on any atom is 0.414 e. The van der Waals surface area contributed by atoms with Crippen LogP contribution in [0, 0.1) is 0 Å². The van der Waals surface area contributed by atoms with Gasteiger partial charge in [0.15, 0.2) is 0 Å². The van der Waals surface area contributed by atoms with Crippen molar-refractivity contribution in [3.8, 4) is 16.9 Å². The molecule has 2 heterocycles. The van der Waals surface area contributed by atoms with Crippen molar-refractivity contribution in [2.24, 2.45) is 0 Å². The van der Waals surface area contributed by atoms with Crippen LogP contribution in [0.25, 0.3) is 11.1 Å². The van der Waals surface area contributed by atoms with Crippen LogP contribution in [0.4, 0.5) is 10.5 Å². The second kappa shape index (κ2) is 9.88. The van der Waals surface area contributed by atoms with Crippen LogP contribution in [-0.4, -0.2) is 79.9 Å². The normalized spacial score (nSPS) is 16.2. The minimum Gasteiger partial charge on any atom is -0.491 e. The van der Waals surface area contributed by atoms with Crippen LogP contribution in [0.2, 0.25) is 0 Å². The van der Waals surface area contributed by atoms with Gasteiger partial charge in [-0.15, -0.1) is 0 Å². The number of benzene rings is 1. The molecule has 1 aromatic heterocycles. The van der Waals surface area contributed by atoms with Crippen LogP contribution in [0.3, 0.4) is 0 Å². The maximum absolute atomic E-state index is 12.4. The summed E-state index contributed by atoms with van der Waals surface area (Å²) in [5, 5.41) is 13.5. The number of amides is 1. The Morgan fingerprint density at radius 3 is 2.78 bits per heavy atom. The van der Waals surface area contributed by atoms with Gasteiger partial charge in [0.05, 0.1) is 38.4 Å². The van der Waals surface area contributed by atoms with E-state index in [-0.39, 0.29) is 25.8 Å². The van der Waals surface area contributed by atoms with Crippen molar-refractivity contribution in [1.82, 2.24) is 14.1 Å². The lowest BCUT2D eigenvalue weighted by Gasteiger charge is -2.35. The summed E-state index contributed by atoms with van der Waals surface area (Å²) in [6.07, 6.45) is 5.64. The van der Waals surface area contributed by atoms with E-state index in [1.54, 1.807) is 15.8 Å². The van der Waals surface area contributed by atoms with Gasteiger partial charge in [-0.1, -0.05) is 0 Å². The van der Waals surface area contributed by atoms with Crippen LogP contribution in [0.1, 0.15) is 18.9 Å². The third kappa shape index (κ3) is 5.05.